The van der Waals surface area contributed by atoms with Gasteiger partial charge in [-0.25, -0.2) is 9.67 Å². The largest absolute Gasteiger partial charge is 0.378 e. The first-order valence-electron chi connectivity index (χ1n) is 10.9. The van der Waals surface area contributed by atoms with E-state index < -0.39 is 5.60 Å². The average molecular weight is 471 g/mol. The second-order valence-electron chi connectivity index (χ2n) is 8.66. The van der Waals surface area contributed by atoms with Crippen LogP contribution in [0.1, 0.15) is 23.1 Å². The van der Waals surface area contributed by atoms with Crippen LogP contribution < -0.4 is 5.56 Å². The lowest BCUT2D eigenvalue weighted by atomic mass is 9.97. The Kier molecular flexibility index (Phi) is 4.48. The minimum absolute atomic E-state index is 0.178. The maximum absolute atomic E-state index is 13.5. The van der Waals surface area contributed by atoms with Gasteiger partial charge in [-0.2, -0.15) is 10.2 Å². The zero-order valence-corrected chi connectivity index (χ0v) is 19.7. The Morgan fingerprint density at radius 3 is 2.56 bits per heavy atom. The van der Waals surface area contributed by atoms with Crippen LogP contribution >= 0.6 is 11.3 Å². The van der Waals surface area contributed by atoms with Crippen LogP contribution in [-0.2, 0) is 26.2 Å². The molecule has 1 unspecified atom stereocenters. The van der Waals surface area contributed by atoms with Gasteiger partial charge in [-0.05, 0) is 24.1 Å². The molecule has 1 atom stereocenters. The van der Waals surface area contributed by atoms with Crippen LogP contribution in [0.15, 0.2) is 65.7 Å². The van der Waals surface area contributed by atoms with Crippen molar-refractivity contribution in [1.29, 1.82) is 0 Å². The Labute approximate surface area is 198 Å². The van der Waals surface area contributed by atoms with Crippen molar-refractivity contribution in [3.63, 3.8) is 0 Å². The minimum atomic E-state index is -1.23. The highest BCUT2D eigenvalue weighted by Crippen LogP contribution is 2.38. The third-order valence-corrected chi connectivity index (χ3v) is 7.77. The van der Waals surface area contributed by atoms with Crippen molar-refractivity contribution in [2.75, 3.05) is 0 Å². The van der Waals surface area contributed by atoms with Gasteiger partial charge in [0.15, 0.2) is 5.65 Å². The summed E-state index contributed by atoms with van der Waals surface area (Å²) in [5.41, 5.74) is 2.56. The van der Waals surface area contributed by atoms with Gasteiger partial charge in [-0.1, -0.05) is 42.5 Å². The fourth-order valence-electron chi connectivity index (χ4n) is 4.53. The lowest BCUT2D eigenvalue weighted by Gasteiger charge is -2.20. The molecule has 0 bridgehead atoms. The van der Waals surface area contributed by atoms with E-state index in [4.69, 9.17) is 4.98 Å². The van der Waals surface area contributed by atoms with Crippen LogP contribution in [0.3, 0.4) is 0 Å². The molecule has 6 rings (SSSR count). The summed E-state index contributed by atoms with van der Waals surface area (Å²) in [5, 5.41) is 22.4. The molecule has 4 heterocycles. The van der Waals surface area contributed by atoms with E-state index in [9.17, 15) is 9.90 Å². The first-order valence-corrected chi connectivity index (χ1v) is 11.7. The fourth-order valence-corrected chi connectivity index (χ4v) is 5.71. The smallest absolute Gasteiger partial charge is 0.291 e. The molecule has 0 aliphatic carbocycles. The molecule has 0 spiro atoms. The van der Waals surface area contributed by atoms with Crippen molar-refractivity contribution in [2.45, 2.75) is 19.1 Å². The predicted octanol–water partition coefficient (Wildman–Crippen LogP) is 3.54. The summed E-state index contributed by atoms with van der Waals surface area (Å²) in [6.45, 7) is 2.09. The third-order valence-electron chi connectivity index (χ3n) is 6.48. The van der Waals surface area contributed by atoms with Gasteiger partial charge in [0, 0.05) is 24.9 Å². The quantitative estimate of drug-likeness (QED) is 0.426. The standard InChI is InChI=1S/C25H22N6O2S/c1-25(33,16-9-5-4-6-10-16)24-28-22-21(34-24)18-13-27-31(23(32)20(18)29(22)2)14-15-8-7-11-19-17(15)12-26-30(19)3/h4-13,33H,14H2,1-3H3. The third kappa shape index (κ3) is 2.94. The molecular weight excluding hydrogens is 448 g/mol. The summed E-state index contributed by atoms with van der Waals surface area (Å²) in [6, 6.07) is 15.4. The molecular formula is C25H22N6O2S. The Morgan fingerprint density at radius 2 is 1.76 bits per heavy atom. The van der Waals surface area contributed by atoms with E-state index in [1.54, 1.807) is 17.7 Å². The first-order chi connectivity index (χ1) is 16.4. The van der Waals surface area contributed by atoms with E-state index in [-0.39, 0.29) is 5.56 Å². The molecule has 0 amide bonds. The number of rotatable bonds is 4. The second kappa shape index (κ2) is 7.34. The Balaban J connectivity index is 1.46. The van der Waals surface area contributed by atoms with Gasteiger partial charge in [0.1, 0.15) is 16.1 Å². The highest BCUT2D eigenvalue weighted by molar-refractivity contribution is 7.19. The normalized spacial score (nSPS) is 13.8. The molecule has 0 aliphatic rings. The van der Waals surface area contributed by atoms with E-state index in [1.807, 2.05) is 73.5 Å². The highest BCUT2D eigenvalue weighted by atomic mass is 32.1. The highest BCUT2D eigenvalue weighted by Gasteiger charge is 2.31. The van der Waals surface area contributed by atoms with Crippen LogP contribution in [0.5, 0.6) is 0 Å². The zero-order valence-electron chi connectivity index (χ0n) is 18.9. The van der Waals surface area contributed by atoms with Gasteiger partial charge >= 0.3 is 0 Å². The van der Waals surface area contributed by atoms with Crippen LogP contribution in [0.4, 0.5) is 0 Å². The van der Waals surface area contributed by atoms with Gasteiger partial charge in [0.2, 0.25) is 0 Å². The lowest BCUT2D eigenvalue weighted by molar-refractivity contribution is 0.102. The molecule has 0 fully saturated rings. The second-order valence-corrected chi connectivity index (χ2v) is 9.66. The monoisotopic (exact) mass is 470 g/mol. The summed E-state index contributed by atoms with van der Waals surface area (Å²) in [6.07, 6.45) is 3.54. The number of hydrogen-bond donors (Lipinski definition) is 1. The van der Waals surface area contributed by atoms with E-state index >= 15 is 0 Å². The van der Waals surface area contributed by atoms with Crippen molar-refractivity contribution in [3.8, 4) is 0 Å². The van der Waals surface area contributed by atoms with E-state index in [0.717, 1.165) is 32.1 Å². The molecule has 8 nitrogen and oxygen atoms in total. The maximum Gasteiger partial charge on any atom is 0.291 e. The topological polar surface area (TPSA) is 90.8 Å². The van der Waals surface area contributed by atoms with E-state index in [2.05, 4.69) is 10.2 Å². The molecule has 0 aliphatic heterocycles. The lowest BCUT2D eigenvalue weighted by Crippen LogP contribution is -2.25. The Hall–Kier alpha value is -3.82. The molecule has 0 radical (unpaired) electrons. The number of aliphatic hydroxyl groups is 1. The van der Waals surface area contributed by atoms with Crippen LogP contribution in [-0.4, -0.2) is 34.2 Å². The molecule has 0 saturated heterocycles. The molecule has 2 aromatic carbocycles. The number of thiazole rings is 1. The first kappa shape index (κ1) is 20.8. The van der Waals surface area contributed by atoms with Gasteiger partial charge in [0.05, 0.1) is 29.2 Å². The van der Waals surface area contributed by atoms with Crippen molar-refractivity contribution < 1.29 is 5.11 Å². The zero-order chi connectivity index (χ0) is 23.6. The summed E-state index contributed by atoms with van der Waals surface area (Å²) in [7, 11) is 3.73. The molecule has 6 aromatic rings. The van der Waals surface area contributed by atoms with E-state index in [0.29, 0.717) is 22.7 Å². The van der Waals surface area contributed by atoms with Crippen LogP contribution in [0, 0.1) is 0 Å². The maximum atomic E-state index is 13.5. The predicted molar refractivity (Wildman–Crippen MR) is 133 cm³/mol. The molecule has 4 aromatic heterocycles. The van der Waals surface area contributed by atoms with Gasteiger partial charge in [0.25, 0.3) is 5.56 Å². The number of fused-ring (bicyclic) bond motifs is 4. The Morgan fingerprint density at radius 1 is 1.00 bits per heavy atom. The summed E-state index contributed by atoms with van der Waals surface area (Å²) in [4.78, 5) is 18.2. The fraction of sp³-hybridized carbons (Fsp3) is 0.200. The van der Waals surface area contributed by atoms with Gasteiger partial charge in [-0.15, -0.1) is 11.3 Å². The average Bonchev–Trinajstić information content (AvgIpc) is 3.52. The molecule has 9 heteroatoms. The van der Waals surface area contributed by atoms with Crippen LogP contribution in [0.25, 0.3) is 32.2 Å². The van der Waals surface area contributed by atoms with Crippen molar-refractivity contribution in [3.05, 3.63) is 87.4 Å². The number of aryl methyl sites for hydroxylation is 2. The molecule has 170 valence electrons. The van der Waals surface area contributed by atoms with Crippen LogP contribution in [0.2, 0.25) is 0 Å². The van der Waals surface area contributed by atoms with Gasteiger partial charge < -0.3 is 9.67 Å². The minimum Gasteiger partial charge on any atom is -0.378 e. The van der Waals surface area contributed by atoms with Crippen molar-refractivity contribution in [2.24, 2.45) is 14.1 Å². The number of aromatic nitrogens is 6. The molecule has 0 saturated carbocycles. The summed E-state index contributed by atoms with van der Waals surface area (Å²) >= 11 is 1.39. The number of hydrogen-bond acceptors (Lipinski definition) is 6. The number of benzene rings is 2. The van der Waals surface area contributed by atoms with Crippen molar-refractivity contribution >= 4 is 43.5 Å². The van der Waals surface area contributed by atoms with Gasteiger partial charge in [-0.3, -0.25) is 9.48 Å². The Bertz CT molecular complexity index is 1760. The summed E-state index contributed by atoms with van der Waals surface area (Å²) < 4.78 is 5.94. The SMILES string of the molecule is Cn1ncc2c(Cn3ncc4c5sc(C(C)(O)c6ccccc6)nc5n(C)c4c3=O)cccc21. The molecule has 1 N–H and O–H groups in total. The van der Waals surface area contributed by atoms with Crippen molar-refractivity contribution in [1.82, 2.24) is 29.1 Å². The summed E-state index contributed by atoms with van der Waals surface area (Å²) in [5.74, 6) is 0. The number of nitrogens with zero attached hydrogens (tertiary/aromatic N) is 6. The van der Waals surface area contributed by atoms with E-state index in [1.165, 1.54) is 16.0 Å². The molecule has 34 heavy (non-hydrogen) atoms.